The molecule has 0 saturated heterocycles. The van der Waals surface area contributed by atoms with Crippen LogP contribution in [0.25, 0.3) is 10.9 Å². The number of fused-ring (bicyclic) bond motifs is 1. The number of H-pyrrole nitrogens is 1. The summed E-state index contributed by atoms with van der Waals surface area (Å²) >= 11 is 0. The van der Waals surface area contributed by atoms with Gasteiger partial charge in [-0.1, -0.05) is 12.8 Å². The van der Waals surface area contributed by atoms with Gasteiger partial charge in [-0.2, -0.15) is 0 Å². The number of aromatic nitrogens is 1. The summed E-state index contributed by atoms with van der Waals surface area (Å²) in [6.45, 7) is 0. The summed E-state index contributed by atoms with van der Waals surface area (Å²) in [6.07, 6.45) is 4.52. The van der Waals surface area contributed by atoms with Gasteiger partial charge in [-0.15, -0.1) is 0 Å². The Morgan fingerprint density at radius 2 is 2.05 bits per heavy atom. The zero-order valence-electron chi connectivity index (χ0n) is 10.2. The molecule has 5 heteroatoms. The standard InChI is InChI=1S/C14H14F2N2O/c15-11-4-8-10(6-18-13(8)5-12(11)16)9(14(17)19)3-7-1-2-7/h4-7,9,18H,1-3H2,(H2,17,19). The van der Waals surface area contributed by atoms with Crippen molar-refractivity contribution >= 4 is 16.8 Å². The van der Waals surface area contributed by atoms with Crippen molar-refractivity contribution in [1.82, 2.24) is 4.98 Å². The fourth-order valence-corrected chi connectivity index (χ4v) is 2.51. The number of carbonyl (C=O) groups excluding carboxylic acids is 1. The quantitative estimate of drug-likeness (QED) is 0.876. The number of primary amides is 1. The number of halogens is 2. The molecule has 0 radical (unpaired) electrons. The number of hydrogen-bond donors (Lipinski definition) is 2. The molecule has 1 aliphatic carbocycles. The van der Waals surface area contributed by atoms with Crippen molar-refractivity contribution in [2.24, 2.45) is 11.7 Å². The zero-order chi connectivity index (χ0) is 13.6. The molecule has 1 aromatic heterocycles. The first-order valence-corrected chi connectivity index (χ1v) is 6.31. The Bertz CT molecular complexity index is 646. The number of hydrogen-bond acceptors (Lipinski definition) is 1. The highest BCUT2D eigenvalue weighted by molar-refractivity contribution is 5.91. The van der Waals surface area contributed by atoms with Crippen LogP contribution >= 0.6 is 0 Å². The van der Waals surface area contributed by atoms with Gasteiger partial charge in [0.1, 0.15) is 0 Å². The topological polar surface area (TPSA) is 58.9 Å². The van der Waals surface area contributed by atoms with E-state index in [9.17, 15) is 13.6 Å². The molecule has 1 aromatic carbocycles. The summed E-state index contributed by atoms with van der Waals surface area (Å²) < 4.78 is 26.5. The molecule has 1 heterocycles. The van der Waals surface area contributed by atoms with Crippen LogP contribution in [0.4, 0.5) is 8.78 Å². The van der Waals surface area contributed by atoms with Gasteiger partial charge in [0.2, 0.25) is 5.91 Å². The highest BCUT2D eigenvalue weighted by Gasteiger charge is 2.30. The van der Waals surface area contributed by atoms with E-state index in [2.05, 4.69) is 4.98 Å². The molecular formula is C14H14F2N2O. The van der Waals surface area contributed by atoms with Crippen molar-refractivity contribution < 1.29 is 13.6 Å². The van der Waals surface area contributed by atoms with E-state index < -0.39 is 23.5 Å². The Balaban J connectivity index is 2.06. The normalized spacial score (nSPS) is 16.7. The molecule has 3 nitrogen and oxygen atoms in total. The summed E-state index contributed by atoms with van der Waals surface area (Å²) in [5.41, 5.74) is 6.59. The van der Waals surface area contributed by atoms with Gasteiger partial charge in [-0.25, -0.2) is 8.78 Å². The zero-order valence-corrected chi connectivity index (χ0v) is 10.2. The minimum absolute atomic E-state index is 0.419. The summed E-state index contributed by atoms with van der Waals surface area (Å²) in [5, 5.41) is 0.531. The molecule has 1 fully saturated rings. The van der Waals surface area contributed by atoms with E-state index in [1.165, 1.54) is 0 Å². The predicted molar refractivity (Wildman–Crippen MR) is 67.5 cm³/mol. The molecule has 0 bridgehead atoms. The summed E-state index contributed by atoms with van der Waals surface area (Å²) in [7, 11) is 0. The van der Waals surface area contributed by atoms with Crippen LogP contribution in [0, 0.1) is 17.6 Å². The lowest BCUT2D eigenvalue weighted by Gasteiger charge is -2.12. The Hall–Kier alpha value is -1.91. The first-order chi connectivity index (χ1) is 9.06. The first kappa shape index (κ1) is 12.1. The maximum absolute atomic E-state index is 13.3. The van der Waals surface area contributed by atoms with Crippen LogP contribution in [0.3, 0.4) is 0 Å². The Kier molecular flexibility index (Phi) is 2.77. The largest absolute Gasteiger partial charge is 0.369 e. The van der Waals surface area contributed by atoms with Gasteiger partial charge in [-0.05, 0) is 24.0 Å². The van der Waals surface area contributed by atoms with E-state index in [0.717, 1.165) is 25.0 Å². The minimum Gasteiger partial charge on any atom is -0.369 e. The SMILES string of the molecule is NC(=O)C(CC1CC1)c1c[nH]c2cc(F)c(F)cc12. The van der Waals surface area contributed by atoms with Gasteiger partial charge in [0, 0.05) is 23.2 Å². The molecule has 3 N–H and O–H groups in total. The van der Waals surface area contributed by atoms with Gasteiger partial charge in [0.05, 0.1) is 5.92 Å². The van der Waals surface area contributed by atoms with Crippen molar-refractivity contribution in [2.75, 3.05) is 0 Å². The molecule has 1 amide bonds. The lowest BCUT2D eigenvalue weighted by molar-refractivity contribution is -0.119. The maximum atomic E-state index is 13.3. The minimum atomic E-state index is -0.914. The predicted octanol–water partition coefficient (Wildman–Crippen LogP) is 2.82. The van der Waals surface area contributed by atoms with E-state index in [4.69, 9.17) is 5.73 Å². The summed E-state index contributed by atoms with van der Waals surface area (Å²) in [5.74, 6) is -2.15. The van der Waals surface area contributed by atoms with Gasteiger partial charge in [0.25, 0.3) is 0 Å². The van der Waals surface area contributed by atoms with Crippen LogP contribution in [0.1, 0.15) is 30.7 Å². The van der Waals surface area contributed by atoms with Crippen LogP contribution in [0.15, 0.2) is 18.3 Å². The van der Waals surface area contributed by atoms with Crippen molar-refractivity contribution in [1.29, 1.82) is 0 Å². The van der Waals surface area contributed by atoms with Crippen molar-refractivity contribution in [3.8, 4) is 0 Å². The van der Waals surface area contributed by atoms with E-state index in [1.54, 1.807) is 6.20 Å². The second-order valence-corrected chi connectivity index (χ2v) is 5.19. The average molecular weight is 264 g/mol. The Morgan fingerprint density at radius 1 is 1.37 bits per heavy atom. The Labute approximate surface area is 108 Å². The van der Waals surface area contributed by atoms with E-state index >= 15 is 0 Å². The fraction of sp³-hybridized carbons (Fsp3) is 0.357. The molecule has 0 aliphatic heterocycles. The number of amides is 1. The number of benzene rings is 1. The summed E-state index contributed by atoms with van der Waals surface area (Å²) in [6, 6.07) is 2.22. The van der Waals surface area contributed by atoms with Gasteiger partial charge < -0.3 is 10.7 Å². The van der Waals surface area contributed by atoms with E-state index in [-0.39, 0.29) is 0 Å². The van der Waals surface area contributed by atoms with E-state index in [0.29, 0.717) is 28.8 Å². The monoisotopic (exact) mass is 264 g/mol. The molecule has 2 aromatic rings. The molecule has 1 atom stereocenters. The molecule has 0 spiro atoms. The number of aromatic amines is 1. The first-order valence-electron chi connectivity index (χ1n) is 6.31. The average Bonchev–Trinajstić information content (AvgIpc) is 3.09. The lowest BCUT2D eigenvalue weighted by atomic mass is 9.92. The van der Waals surface area contributed by atoms with Crippen LogP contribution in [-0.4, -0.2) is 10.9 Å². The molecule has 3 rings (SSSR count). The third-order valence-corrected chi connectivity index (χ3v) is 3.74. The molecular weight excluding hydrogens is 250 g/mol. The van der Waals surface area contributed by atoms with Crippen LogP contribution in [0.5, 0.6) is 0 Å². The lowest BCUT2D eigenvalue weighted by Crippen LogP contribution is -2.21. The molecule has 19 heavy (non-hydrogen) atoms. The van der Waals surface area contributed by atoms with Crippen molar-refractivity contribution in [3.05, 3.63) is 35.5 Å². The van der Waals surface area contributed by atoms with Gasteiger partial charge in [0.15, 0.2) is 11.6 Å². The number of carbonyl (C=O) groups is 1. The third kappa shape index (κ3) is 2.20. The van der Waals surface area contributed by atoms with Gasteiger partial charge in [-0.3, -0.25) is 4.79 Å². The number of rotatable bonds is 4. The fourth-order valence-electron chi connectivity index (χ4n) is 2.51. The Morgan fingerprint density at radius 3 is 2.68 bits per heavy atom. The van der Waals surface area contributed by atoms with E-state index in [1.807, 2.05) is 0 Å². The number of nitrogens with one attached hydrogen (secondary N) is 1. The molecule has 100 valence electrons. The second kappa shape index (κ2) is 4.33. The van der Waals surface area contributed by atoms with Crippen molar-refractivity contribution in [2.45, 2.75) is 25.2 Å². The molecule has 1 aliphatic rings. The van der Waals surface area contributed by atoms with Crippen LogP contribution in [0.2, 0.25) is 0 Å². The molecule has 1 unspecified atom stereocenters. The summed E-state index contributed by atoms with van der Waals surface area (Å²) in [4.78, 5) is 14.5. The second-order valence-electron chi connectivity index (χ2n) is 5.19. The molecule has 1 saturated carbocycles. The highest BCUT2D eigenvalue weighted by atomic mass is 19.2. The highest BCUT2D eigenvalue weighted by Crippen LogP contribution is 2.40. The maximum Gasteiger partial charge on any atom is 0.225 e. The third-order valence-electron chi connectivity index (χ3n) is 3.74. The van der Waals surface area contributed by atoms with Crippen LogP contribution in [-0.2, 0) is 4.79 Å². The number of nitrogens with two attached hydrogens (primary N) is 1. The van der Waals surface area contributed by atoms with Crippen molar-refractivity contribution in [3.63, 3.8) is 0 Å². The van der Waals surface area contributed by atoms with Crippen LogP contribution < -0.4 is 5.73 Å². The van der Waals surface area contributed by atoms with Gasteiger partial charge >= 0.3 is 0 Å². The smallest absolute Gasteiger partial charge is 0.225 e.